The van der Waals surface area contributed by atoms with E-state index in [-0.39, 0.29) is 5.78 Å². The van der Waals surface area contributed by atoms with Crippen LogP contribution in [0.3, 0.4) is 0 Å². The summed E-state index contributed by atoms with van der Waals surface area (Å²) >= 11 is 0. The van der Waals surface area contributed by atoms with Gasteiger partial charge in [0.05, 0.1) is 6.42 Å². The summed E-state index contributed by atoms with van der Waals surface area (Å²) in [6, 6.07) is 0. The number of hydrogen-bond acceptors (Lipinski definition) is 2. The average Bonchev–Trinajstić information content (AvgIpc) is 2.27. The van der Waals surface area contributed by atoms with Crippen LogP contribution >= 0.6 is 0 Å². The number of rotatable bonds is 3. The number of Topliss-reactive ketones (excluding diaryl/α,β-unsaturated/α-hetero) is 1. The molecule has 1 aliphatic rings. The normalized spacial score (nSPS) is 22.0. The summed E-state index contributed by atoms with van der Waals surface area (Å²) in [6.45, 7) is 6.27. The van der Waals surface area contributed by atoms with Gasteiger partial charge >= 0.3 is 0 Å². The van der Waals surface area contributed by atoms with Crippen LogP contribution in [0.15, 0.2) is 0 Å². The molecule has 0 amide bonds. The maximum Gasteiger partial charge on any atom is 0.176 e. The summed E-state index contributed by atoms with van der Waals surface area (Å²) in [5.74, 6) is 5.77. The second kappa shape index (κ2) is 5.01. The number of methoxy groups -OCH3 is 1. The number of ketones is 1. The molecule has 16 heavy (non-hydrogen) atoms. The Balaban J connectivity index is 2.71. The molecule has 0 heterocycles. The van der Waals surface area contributed by atoms with Crippen molar-refractivity contribution in [1.29, 1.82) is 0 Å². The first-order valence-electron chi connectivity index (χ1n) is 5.94. The molecule has 0 radical (unpaired) electrons. The van der Waals surface area contributed by atoms with Gasteiger partial charge in [0, 0.05) is 7.11 Å². The highest BCUT2D eigenvalue weighted by Crippen LogP contribution is 2.42. The van der Waals surface area contributed by atoms with Crippen molar-refractivity contribution in [3.05, 3.63) is 0 Å². The van der Waals surface area contributed by atoms with Crippen molar-refractivity contribution in [2.45, 2.75) is 58.5 Å². The quantitative estimate of drug-likeness (QED) is 0.686. The fourth-order valence-electron chi connectivity index (χ4n) is 2.26. The minimum Gasteiger partial charge on any atom is -0.370 e. The van der Waals surface area contributed by atoms with Gasteiger partial charge < -0.3 is 4.74 Å². The molecule has 0 aromatic carbocycles. The minimum absolute atomic E-state index is 0.153. The Morgan fingerprint density at radius 2 is 1.81 bits per heavy atom. The van der Waals surface area contributed by atoms with Crippen molar-refractivity contribution in [2.24, 2.45) is 5.41 Å². The standard InChI is InChI=1S/C14H22O2/c1-5-6-7-12(15)14(16-4)10-8-13(2,3)9-11-14/h7-11H2,1-4H3. The zero-order valence-electron chi connectivity index (χ0n) is 10.9. The van der Waals surface area contributed by atoms with Crippen LogP contribution in [-0.2, 0) is 9.53 Å². The lowest BCUT2D eigenvalue weighted by molar-refractivity contribution is -0.146. The van der Waals surface area contributed by atoms with Gasteiger partial charge in [-0.1, -0.05) is 19.8 Å². The predicted molar refractivity (Wildman–Crippen MR) is 65.1 cm³/mol. The first kappa shape index (κ1) is 13.3. The van der Waals surface area contributed by atoms with Gasteiger partial charge in [0.1, 0.15) is 5.60 Å². The molecule has 0 bridgehead atoms. The van der Waals surface area contributed by atoms with Crippen LogP contribution < -0.4 is 0 Å². The lowest BCUT2D eigenvalue weighted by Gasteiger charge is -2.41. The molecule has 0 N–H and O–H groups in total. The Hall–Kier alpha value is -0.810. The molecule has 0 atom stereocenters. The molecular formula is C14H22O2. The summed E-state index contributed by atoms with van der Waals surface area (Å²) in [6.07, 6.45) is 4.09. The number of carbonyl (C=O) groups excluding carboxylic acids is 1. The minimum atomic E-state index is -0.556. The van der Waals surface area contributed by atoms with Gasteiger partial charge in [0.25, 0.3) is 0 Å². The van der Waals surface area contributed by atoms with Crippen molar-refractivity contribution in [3.63, 3.8) is 0 Å². The van der Waals surface area contributed by atoms with E-state index in [4.69, 9.17) is 4.74 Å². The average molecular weight is 222 g/mol. The molecule has 90 valence electrons. The van der Waals surface area contributed by atoms with Gasteiger partial charge in [-0.25, -0.2) is 0 Å². The fourth-order valence-corrected chi connectivity index (χ4v) is 2.26. The van der Waals surface area contributed by atoms with E-state index in [2.05, 4.69) is 25.7 Å². The third-order valence-electron chi connectivity index (χ3n) is 3.74. The maximum atomic E-state index is 12.1. The van der Waals surface area contributed by atoms with Gasteiger partial charge in [-0.15, -0.1) is 5.92 Å². The lowest BCUT2D eigenvalue weighted by atomic mass is 9.69. The molecule has 0 saturated heterocycles. The SMILES string of the molecule is CC#CCC(=O)C1(OC)CCC(C)(C)CC1. The van der Waals surface area contributed by atoms with Gasteiger partial charge in [0.2, 0.25) is 0 Å². The van der Waals surface area contributed by atoms with E-state index in [9.17, 15) is 4.79 Å². The molecule has 0 aliphatic heterocycles. The Morgan fingerprint density at radius 3 is 2.25 bits per heavy atom. The molecule has 0 unspecified atom stereocenters. The van der Waals surface area contributed by atoms with E-state index >= 15 is 0 Å². The highest BCUT2D eigenvalue weighted by molar-refractivity contribution is 5.89. The monoisotopic (exact) mass is 222 g/mol. The summed E-state index contributed by atoms with van der Waals surface area (Å²) < 4.78 is 5.51. The molecule has 1 fully saturated rings. The molecular weight excluding hydrogens is 200 g/mol. The third kappa shape index (κ3) is 2.86. The molecule has 0 aromatic rings. The topological polar surface area (TPSA) is 26.3 Å². The van der Waals surface area contributed by atoms with Gasteiger partial charge in [0.15, 0.2) is 5.78 Å². The summed E-state index contributed by atoms with van der Waals surface area (Å²) in [4.78, 5) is 12.1. The van der Waals surface area contributed by atoms with Crippen molar-refractivity contribution in [1.82, 2.24) is 0 Å². The van der Waals surface area contributed by atoms with Gasteiger partial charge in [-0.3, -0.25) is 4.79 Å². The van der Waals surface area contributed by atoms with Crippen LogP contribution in [0.25, 0.3) is 0 Å². The molecule has 0 aromatic heterocycles. The van der Waals surface area contributed by atoms with Crippen LogP contribution in [0.1, 0.15) is 52.9 Å². The maximum absolute atomic E-state index is 12.1. The Kier molecular flexibility index (Phi) is 4.15. The highest BCUT2D eigenvalue weighted by Gasteiger charge is 2.43. The Labute approximate surface area is 98.8 Å². The van der Waals surface area contributed by atoms with Crippen LogP contribution in [0.5, 0.6) is 0 Å². The van der Waals surface area contributed by atoms with Gasteiger partial charge in [-0.05, 0) is 38.0 Å². The van der Waals surface area contributed by atoms with Crippen molar-refractivity contribution < 1.29 is 9.53 Å². The molecule has 2 heteroatoms. The third-order valence-corrected chi connectivity index (χ3v) is 3.74. The molecule has 1 aliphatic carbocycles. The molecule has 1 rings (SSSR count). The van der Waals surface area contributed by atoms with Crippen LogP contribution in [0.2, 0.25) is 0 Å². The second-order valence-corrected chi connectivity index (χ2v) is 5.39. The van der Waals surface area contributed by atoms with E-state index in [0.717, 1.165) is 25.7 Å². The van der Waals surface area contributed by atoms with Crippen LogP contribution in [-0.4, -0.2) is 18.5 Å². The number of carbonyl (C=O) groups is 1. The van der Waals surface area contributed by atoms with E-state index in [0.29, 0.717) is 11.8 Å². The number of ether oxygens (including phenoxy) is 1. The Bertz CT molecular complexity index is 307. The van der Waals surface area contributed by atoms with Crippen molar-refractivity contribution in [3.8, 4) is 11.8 Å². The number of hydrogen-bond donors (Lipinski definition) is 0. The van der Waals surface area contributed by atoms with E-state index < -0.39 is 5.60 Å². The zero-order chi connectivity index (χ0) is 12.2. The Morgan fingerprint density at radius 1 is 1.25 bits per heavy atom. The second-order valence-electron chi connectivity index (χ2n) is 5.39. The molecule has 0 spiro atoms. The lowest BCUT2D eigenvalue weighted by Crippen LogP contribution is -2.45. The summed E-state index contributed by atoms with van der Waals surface area (Å²) in [5, 5.41) is 0. The fraction of sp³-hybridized carbons (Fsp3) is 0.786. The van der Waals surface area contributed by atoms with E-state index in [1.165, 1.54) is 0 Å². The summed E-state index contributed by atoms with van der Waals surface area (Å²) in [5.41, 5.74) is -0.210. The first-order valence-corrected chi connectivity index (χ1v) is 5.94. The largest absolute Gasteiger partial charge is 0.370 e. The summed E-state index contributed by atoms with van der Waals surface area (Å²) in [7, 11) is 1.65. The zero-order valence-corrected chi connectivity index (χ0v) is 10.9. The van der Waals surface area contributed by atoms with E-state index in [1.807, 2.05) is 0 Å². The van der Waals surface area contributed by atoms with Crippen LogP contribution in [0.4, 0.5) is 0 Å². The van der Waals surface area contributed by atoms with Crippen LogP contribution in [0, 0.1) is 17.3 Å². The highest BCUT2D eigenvalue weighted by atomic mass is 16.5. The van der Waals surface area contributed by atoms with Gasteiger partial charge in [-0.2, -0.15) is 0 Å². The first-order chi connectivity index (χ1) is 7.46. The molecule has 2 nitrogen and oxygen atoms in total. The van der Waals surface area contributed by atoms with Crippen molar-refractivity contribution >= 4 is 5.78 Å². The predicted octanol–water partition coefficient (Wildman–Crippen LogP) is 2.95. The smallest absolute Gasteiger partial charge is 0.176 e. The van der Waals surface area contributed by atoms with Crippen molar-refractivity contribution in [2.75, 3.05) is 7.11 Å². The van der Waals surface area contributed by atoms with E-state index in [1.54, 1.807) is 14.0 Å². The molecule has 1 saturated carbocycles.